The molecule has 6 aromatic carbocycles. The average Bonchev–Trinajstić information content (AvgIpc) is 3.81. The van der Waals surface area contributed by atoms with E-state index in [0.717, 1.165) is 22.5 Å². The summed E-state index contributed by atoms with van der Waals surface area (Å²) in [5.41, 5.74) is 19.3. The monoisotopic (exact) mass is 731 g/mol. The zero-order chi connectivity index (χ0) is 37.8. The normalized spacial score (nSPS) is 18.5. The van der Waals surface area contributed by atoms with Gasteiger partial charge in [-0.15, -0.1) is 0 Å². The van der Waals surface area contributed by atoms with Crippen molar-refractivity contribution in [2.75, 3.05) is 4.90 Å². The smallest absolute Gasteiger partial charge is 0.159 e. The summed E-state index contributed by atoms with van der Waals surface area (Å²) in [6, 6.07) is 44.5. The molecule has 4 aliphatic rings. The van der Waals surface area contributed by atoms with Crippen molar-refractivity contribution in [3.63, 3.8) is 0 Å². The van der Waals surface area contributed by atoms with Crippen molar-refractivity contribution in [1.82, 2.24) is 0 Å². The Hall–Kier alpha value is -5.08. The van der Waals surface area contributed by atoms with Crippen LogP contribution >= 0.6 is 0 Å². The summed E-state index contributed by atoms with van der Waals surface area (Å²) in [6.45, 7) is 9.65. The second kappa shape index (κ2) is 12.7. The first kappa shape index (κ1) is 34.2. The van der Waals surface area contributed by atoms with Crippen molar-refractivity contribution in [3.8, 4) is 22.3 Å². The van der Waals surface area contributed by atoms with Gasteiger partial charge < -0.3 is 9.32 Å². The van der Waals surface area contributed by atoms with E-state index in [-0.39, 0.29) is 10.8 Å². The number of hydrogen-bond donors (Lipinski definition) is 0. The highest BCUT2D eigenvalue weighted by Gasteiger charge is 2.39. The molecule has 0 radical (unpaired) electrons. The van der Waals surface area contributed by atoms with Gasteiger partial charge in [-0.3, -0.25) is 0 Å². The van der Waals surface area contributed by atoms with Gasteiger partial charge in [-0.25, -0.2) is 0 Å². The topological polar surface area (TPSA) is 16.4 Å². The Labute approximate surface area is 332 Å². The van der Waals surface area contributed by atoms with E-state index < -0.39 is 0 Å². The van der Waals surface area contributed by atoms with Gasteiger partial charge in [0.15, 0.2) is 5.58 Å². The van der Waals surface area contributed by atoms with Crippen LogP contribution in [-0.2, 0) is 10.8 Å². The van der Waals surface area contributed by atoms with Crippen LogP contribution in [0.2, 0.25) is 0 Å². The summed E-state index contributed by atoms with van der Waals surface area (Å²) in [5, 5.41) is 2.42. The van der Waals surface area contributed by atoms with Gasteiger partial charge in [0.2, 0.25) is 0 Å². The quantitative estimate of drug-likeness (QED) is 0.175. The first-order valence-corrected chi connectivity index (χ1v) is 21.6. The van der Waals surface area contributed by atoms with Gasteiger partial charge in [0, 0.05) is 33.0 Å². The molecule has 1 aromatic heterocycles. The van der Waals surface area contributed by atoms with Crippen LogP contribution in [0.25, 0.3) is 44.2 Å². The van der Waals surface area contributed by atoms with Crippen LogP contribution in [0.1, 0.15) is 137 Å². The third kappa shape index (κ3) is 5.07. The van der Waals surface area contributed by atoms with Crippen molar-refractivity contribution >= 4 is 39.0 Å². The van der Waals surface area contributed by atoms with E-state index in [2.05, 4.69) is 148 Å². The van der Waals surface area contributed by atoms with Crippen LogP contribution in [0.5, 0.6) is 0 Å². The molecule has 0 amide bonds. The van der Waals surface area contributed by atoms with E-state index in [4.69, 9.17) is 4.42 Å². The first-order chi connectivity index (χ1) is 27.3. The molecule has 1 heterocycles. The molecule has 0 saturated heterocycles. The molecule has 7 aromatic rings. The van der Waals surface area contributed by atoms with E-state index in [0.29, 0.717) is 11.8 Å². The maximum atomic E-state index is 7.19. The number of fused-ring (bicyclic) bond motifs is 9. The fraction of sp³-hybridized carbons (Fsp3) is 0.333. The minimum absolute atomic E-state index is 0.106. The number of benzene rings is 6. The third-order valence-electron chi connectivity index (χ3n) is 14.7. The van der Waals surface area contributed by atoms with Gasteiger partial charge in [-0.1, -0.05) is 151 Å². The lowest BCUT2D eigenvalue weighted by molar-refractivity contribution is 0.442. The van der Waals surface area contributed by atoms with Crippen LogP contribution in [0, 0.1) is 0 Å². The number of hydrogen-bond acceptors (Lipinski definition) is 2. The second-order valence-corrected chi connectivity index (χ2v) is 18.5. The molecule has 2 saturated carbocycles. The van der Waals surface area contributed by atoms with E-state index in [1.807, 2.05) is 0 Å². The highest BCUT2D eigenvalue weighted by atomic mass is 16.3. The maximum Gasteiger partial charge on any atom is 0.159 e. The lowest BCUT2D eigenvalue weighted by atomic mass is 9.79. The first-order valence-electron chi connectivity index (χ1n) is 21.6. The SMILES string of the molecule is CC1(C)c2ccccc2-c2ccc(N(c3ccc4c(c3)C(C)(C)c3cc(C5CCCCC5)ccc3-4)c3cccc4c3oc3c(C5CCCCC5)cccc34)cc21. The van der Waals surface area contributed by atoms with Crippen LogP contribution < -0.4 is 4.90 Å². The number of anilines is 3. The van der Waals surface area contributed by atoms with Crippen molar-refractivity contribution in [2.45, 2.75) is 115 Å². The van der Waals surface area contributed by atoms with Crippen LogP contribution in [-0.4, -0.2) is 0 Å². The van der Waals surface area contributed by atoms with E-state index >= 15 is 0 Å². The summed E-state index contributed by atoms with van der Waals surface area (Å²) >= 11 is 0. The Kier molecular flexibility index (Phi) is 7.77. The van der Waals surface area contributed by atoms with Gasteiger partial charge in [0.1, 0.15) is 5.58 Å². The van der Waals surface area contributed by atoms with Gasteiger partial charge in [-0.2, -0.15) is 0 Å². The van der Waals surface area contributed by atoms with Crippen molar-refractivity contribution in [1.29, 1.82) is 0 Å². The molecule has 0 N–H and O–H groups in total. The van der Waals surface area contributed by atoms with Gasteiger partial charge in [0.05, 0.1) is 5.69 Å². The Morgan fingerprint density at radius 1 is 0.464 bits per heavy atom. The standard InChI is InChI=1S/C54H53NO/c1-53(2)46-23-12-11-19-40(46)42-29-26-37(32-48(42)53)55(50-24-14-22-45-44-21-13-20-39(51(44)56-52(45)50)35-17-9-6-10-18-35)38-27-30-43-41-28-25-36(34-15-7-5-8-16-34)31-47(41)54(3,4)49(43)33-38/h11-14,19-35H,5-10,15-18H2,1-4H3. The summed E-state index contributed by atoms with van der Waals surface area (Å²) in [5.74, 6) is 1.25. The van der Waals surface area contributed by atoms with Gasteiger partial charge in [0.25, 0.3) is 0 Å². The molecule has 0 aliphatic heterocycles. The summed E-state index contributed by atoms with van der Waals surface area (Å²) in [4.78, 5) is 2.50. The highest BCUT2D eigenvalue weighted by Crippen LogP contribution is 2.55. The summed E-state index contributed by atoms with van der Waals surface area (Å²) in [6.07, 6.45) is 13.2. The molecule has 280 valence electrons. The Balaban J connectivity index is 1.10. The molecule has 0 spiro atoms. The van der Waals surface area contributed by atoms with E-state index in [1.165, 1.54) is 136 Å². The molecule has 11 rings (SSSR count). The third-order valence-corrected chi connectivity index (χ3v) is 14.7. The minimum atomic E-state index is -0.112. The Morgan fingerprint density at radius 3 is 1.68 bits per heavy atom. The van der Waals surface area contributed by atoms with Crippen LogP contribution in [0.4, 0.5) is 17.1 Å². The lowest BCUT2D eigenvalue weighted by Gasteiger charge is -2.30. The maximum absolute atomic E-state index is 7.19. The number of nitrogens with zero attached hydrogens (tertiary/aromatic N) is 1. The number of para-hydroxylation sites is 2. The minimum Gasteiger partial charge on any atom is -0.454 e. The number of furan rings is 1. The zero-order valence-corrected chi connectivity index (χ0v) is 33.6. The number of rotatable bonds is 5. The van der Waals surface area contributed by atoms with Crippen molar-refractivity contribution in [2.24, 2.45) is 0 Å². The Bertz CT molecular complexity index is 2680. The lowest BCUT2D eigenvalue weighted by Crippen LogP contribution is -2.18. The molecular weight excluding hydrogens is 679 g/mol. The average molecular weight is 732 g/mol. The fourth-order valence-electron chi connectivity index (χ4n) is 11.6. The molecule has 4 aliphatic carbocycles. The fourth-order valence-corrected chi connectivity index (χ4v) is 11.6. The van der Waals surface area contributed by atoms with E-state index in [1.54, 1.807) is 0 Å². The zero-order valence-electron chi connectivity index (χ0n) is 33.6. The van der Waals surface area contributed by atoms with E-state index in [9.17, 15) is 0 Å². The van der Waals surface area contributed by atoms with Crippen molar-refractivity contribution < 1.29 is 4.42 Å². The van der Waals surface area contributed by atoms with Crippen LogP contribution in [0.15, 0.2) is 120 Å². The molecule has 2 nitrogen and oxygen atoms in total. The molecular formula is C54H53NO. The molecule has 56 heavy (non-hydrogen) atoms. The predicted octanol–water partition coefficient (Wildman–Crippen LogP) is 15.8. The van der Waals surface area contributed by atoms with Crippen LogP contribution in [0.3, 0.4) is 0 Å². The molecule has 0 bridgehead atoms. The van der Waals surface area contributed by atoms with Gasteiger partial charge >= 0.3 is 0 Å². The molecule has 0 atom stereocenters. The molecule has 0 unspecified atom stereocenters. The largest absolute Gasteiger partial charge is 0.454 e. The summed E-state index contributed by atoms with van der Waals surface area (Å²) < 4.78 is 7.19. The van der Waals surface area contributed by atoms with Gasteiger partial charge in [-0.05, 0) is 123 Å². The predicted molar refractivity (Wildman–Crippen MR) is 235 cm³/mol. The second-order valence-electron chi connectivity index (χ2n) is 18.5. The highest BCUT2D eigenvalue weighted by molar-refractivity contribution is 6.11. The Morgan fingerprint density at radius 2 is 1.00 bits per heavy atom. The molecule has 2 heteroatoms. The van der Waals surface area contributed by atoms with Crippen molar-refractivity contribution in [3.05, 3.63) is 149 Å². The molecule has 2 fully saturated rings. The summed E-state index contributed by atoms with van der Waals surface area (Å²) in [7, 11) is 0.